The number of hydrogen-bond donors (Lipinski definition) is 0. The Hall–Kier alpha value is -1.58. The quantitative estimate of drug-likeness (QED) is 0.580. The second-order valence-corrected chi connectivity index (χ2v) is 4.96. The molecule has 0 N–H and O–H groups in total. The number of carbonyl (C=O) groups excluding carboxylic acids is 2. The van der Waals surface area contributed by atoms with Gasteiger partial charge in [-0.05, 0) is 46.5 Å². The van der Waals surface area contributed by atoms with E-state index in [-0.39, 0.29) is 24.1 Å². The van der Waals surface area contributed by atoms with Crippen molar-refractivity contribution in [2.45, 2.75) is 58.7 Å². The maximum atomic E-state index is 11.6. The second-order valence-electron chi connectivity index (χ2n) is 4.96. The summed E-state index contributed by atoms with van der Waals surface area (Å²) in [6.45, 7) is 5.44. The van der Waals surface area contributed by atoms with E-state index in [0.29, 0.717) is 0 Å². The van der Waals surface area contributed by atoms with Crippen LogP contribution in [0.1, 0.15) is 46.5 Å². The smallest absolute Gasteiger partial charge is 0.331 e. The predicted molar refractivity (Wildman–Crippen MR) is 72.5 cm³/mol. The number of rotatable bonds is 4. The maximum absolute atomic E-state index is 11.6. The average Bonchev–Trinajstić information content (AvgIpc) is 2.30. The molecule has 0 aromatic carbocycles. The van der Waals surface area contributed by atoms with E-state index in [9.17, 15) is 9.59 Å². The Bertz CT molecular complexity index is 378. The van der Waals surface area contributed by atoms with E-state index in [1.165, 1.54) is 12.2 Å². The molecule has 0 spiro atoms. The molecule has 2 atom stereocenters. The van der Waals surface area contributed by atoms with E-state index in [0.717, 1.165) is 31.3 Å². The van der Waals surface area contributed by atoms with Gasteiger partial charge in [0.2, 0.25) is 0 Å². The van der Waals surface area contributed by atoms with Crippen LogP contribution in [0.25, 0.3) is 0 Å². The van der Waals surface area contributed by atoms with E-state index in [4.69, 9.17) is 9.47 Å². The molecule has 0 aliphatic heterocycles. The highest BCUT2D eigenvalue weighted by Gasteiger charge is 2.30. The molecular formula is C15H22O4. The van der Waals surface area contributed by atoms with Gasteiger partial charge in [0.15, 0.2) is 0 Å². The van der Waals surface area contributed by atoms with E-state index in [2.05, 4.69) is 0 Å². The molecular weight excluding hydrogens is 244 g/mol. The minimum absolute atomic E-state index is 0.327. The molecule has 0 amide bonds. The van der Waals surface area contributed by atoms with Gasteiger partial charge >= 0.3 is 11.9 Å². The lowest BCUT2D eigenvalue weighted by Gasteiger charge is -2.30. The molecule has 4 nitrogen and oxygen atoms in total. The van der Waals surface area contributed by atoms with Crippen molar-refractivity contribution < 1.29 is 19.1 Å². The van der Waals surface area contributed by atoms with Crippen molar-refractivity contribution in [1.82, 2.24) is 0 Å². The average molecular weight is 266 g/mol. The van der Waals surface area contributed by atoms with Gasteiger partial charge in [0.1, 0.15) is 12.2 Å². The molecule has 106 valence electrons. The van der Waals surface area contributed by atoms with Crippen LogP contribution in [0, 0.1) is 0 Å². The Morgan fingerprint density at radius 2 is 1.53 bits per heavy atom. The summed E-state index contributed by atoms with van der Waals surface area (Å²) in [5.74, 6) is -0.739. The van der Waals surface area contributed by atoms with Gasteiger partial charge in [-0.25, -0.2) is 9.59 Å². The standard InChI is InChI=1S/C15H22O4/c1-4-7-14(16)18-12-8-5-6-9-13(12)19-15(17)10-11(2)3/h4,7,10,12-13H,5-6,8-9H2,1-3H3/t12-,13-/m1/s1. The van der Waals surface area contributed by atoms with Gasteiger partial charge in [-0.15, -0.1) is 0 Å². The van der Waals surface area contributed by atoms with E-state index < -0.39 is 0 Å². The molecule has 4 heteroatoms. The molecule has 0 radical (unpaired) electrons. The highest BCUT2D eigenvalue weighted by Crippen LogP contribution is 2.24. The number of esters is 2. The van der Waals surface area contributed by atoms with Crippen LogP contribution in [0.4, 0.5) is 0 Å². The van der Waals surface area contributed by atoms with Gasteiger partial charge in [-0.3, -0.25) is 0 Å². The van der Waals surface area contributed by atoms with Crippen LogP contribution in [0.15, 0.2) is 23.8 Å². The third-order valence-corrected chi connectivity index (χ3v) is 2.89. The summed E-state index contributed by atoms with van der Waals surface area (Å²) >= 11 is 0. The van der Waals surface area contributed by atoms with Crippen molar-refractivity contribution in [3.63, 3.8) is 0 Å². The van der Waals surface area contributed by atoms with Gasteiger partial charge in [-0.2, -0.15) is 0 Å². The number of carbonyl (C=O) groups is 2. The van der Waals surface area contributed by atoms with Crippen molar-refractivity contribution in [3.05, 3.63) is 23.8 Å². The van der Waals surface area contributed by atoms with Gasteiger partial charge in [0.25, 0.3) is 0 Å². The van der Waals surface area contributed by atoms with Crippen molar-refractivity contribution in [3.8, 4) is 0 Å². The van der Waals surface area contributed by atoms with Crippen LogP contribution in [-0.4, -0.2) is 24.1 Å². The molecule has 1 rings (SSSR count). The third kappa shape index (κ3) is 5.73. The second kappa shape index (κ2) is 7.77. The Morgan fingerprint density at radius 1 is 1.00 bits per heavy atom. The molecule has 0 aromatic rings. The summed E-state index contributed by atoms with van der Waals surface area (Å²) in [4.78, 5) is 23.1. The van der Waals surface area contributed by atoms with Gasteiger partial charge in [0, 0.05) is 12.2 Å². The Balaban J connectivity index is 2.59. The first-order valence-electron chi connectivity index (χ1n) is 6.71. The van der Waals surface area contributed by atoms with E-state index >= 15 is 0 Å². The zero-order valence-corrected chi connectivity index (χ0v) is 11.8. The lowest BCUT2D eigenvalue weighted by Crippen LogP contribution is -2.37. The summed E-state index contributed by atoms with van der Waals surface area (Å²) in [5.41, 5.74) is 0.892. The highest BCUT2D eigenvalue weighted by atomic mass is 16.6. The van der Waals surface area contributed by atoms with E-state index in [1.807, 2.05) is 13.8 Å². The highest BCUT2D eigenvalue weighted by molar-refractivity contribution is 5.83. The predicted octanol–water partition coefficient (Wildman–Crippen LogP) is 2.93. The zero-order valence-electron chi connectivity index (χ0n) is 11.8. The molecule has 1 aliphatic carbocycles. The molecule has 1 aliphatic rings. The molecule has 19 heavy (non-hydrogen) atoms. The lowest BCUT2D eigenvalue weighted by atomic mass is 9.94. The molecule has 1 saturated carbocycles. The van der Waals surface area contributed by atoms with Crippen LogP contribution in [0.3, 0.4) is 0 Å². The maximum Gasteiger partial charge on any atom is 0.331 e. The molecule has 1 fully saturated rings. The van der Waals surface area contributed by atoms with Gasteiger partial charge in [0.05, 0.1) is 0 Å². The van der Waals surface area contributed by atoms with Crippen molar-refractivity contribution >= 4 is 11.9 Å². The summed E-state index contributed by atoms with van der Waals surface area (Å²) in [6, 6.07) is 0. The minimum atomic E-state index is -0.377. The Morgan fingerprint density at radius 3 is 2.00 bits per heavy atom. The summed E-state index contributed by atoms with van der Waals surface area (Å²) in [6.07, 6.45) is 7.29. The van der Waals surface area contributed by atoms with Crippen LogP contribution in [-0.2, 0) is 19.1 Å². The molecule has 0 saturated heterocycles. The molecule has 0 heterocycles. The Labute approximate surface area is 114 Å². The van der Waals surface area contributed by atoms with Crippen LogP contribution in [0.2, 0.25) is 0 Å². The fourth-order valence-corrected chi connectivity index (χ4v) is 2.08. The largest absolute Gasteiger partial charge is 0.455 e. The molecule has 0 aromatic heterocycles. The first-order chi connectivity index (χ1) is 9.02. The van der Waals surface area contributed by atoms with Crippen LogP contribution >= 0.6 is 0 Å². The summed E-state index contributed by atoms with van der Waals surface area (Å²) < 4.78 is 10.7. The number of ether oxygens (including phenoxy) is 2. The first-order valence-corrected chi connectivity index (χ1v) is 6.71. The molecule has 0 bridgehead atoms. The Kier molecular flexibility index (Phi) is 6.33. The van der Waals surface area contributed by atoms with Crippen molar-refractivity contribution in [2.75, 3.05) is 0 Å². The first kappa shape index (κ1) is 15.5. The zero-order chi connectivity index (χ0) is 14.3. The van der Waals surface area contributed by atoms with Gasteiger partial charge < -0.3 is 9.47 Å². The lowest BCUT2D eigenvalue weighted by molar-refractivity contribution is -0.165. The fourth-order valence-electron chi connectivity index (χ4n) is 2.08. The third-order valence-electron chi connectivity index (χ3n) is 2.89. The van der Waals surface area contributed by atoms with Crippen LogP contribution < -0.4 is 0 Å². The van der Waals surface area contributed by atoms with Crippen molar-refractivity contribution in [1.29, 1.82) is 0 Å². The monoisotopic (exact) mass is 266 g/mol. The van der Waals surface area contributed by atoms with Gasteiger partial charge in [-0.1, -0.05) is 11.6 Å². The fraction of sp³-hybridized carbons (Fsp3) is 0.600. The molecule has 0 unspecified atom stereocenters. The summed E-state index contributed by atoms with van der Waals surface area (Å²) in [5, 5.41) is 0. The normalized spacial score (nSPS) is 22.9. The minimum Gasteiger partial charge on any atom is -0.455 e. The van der Waals surface area contributed by atoms with Crippen LogP contribution in [0.5, 0.6) is 0 Å². The number of hydrogen-bond acceptors (Lipinski definition) is 4. The topological polar surface area (TPSA) is 52.6 Å². The van der Waals surface area contributed by atoms with Crippen molar-refractivity contribution in [2.24, 2.45) is 0 Å². The van der Waals surface area contributed by atoms with E-state index in [1.54, 1.807) is 13.0 Å². The summed E-state index contributed by atoms with van der Waals surface area (Å²) in [7, 11) is 0. The SMILES string of the molecule is CC=CC(=O)O[C@@H]1CCCC[C@H]1OC(=O)C=C(C)C. The number of allylic oxidation sites excluding steroid dienone is 2.